The third-order valence-electron chi connectivity index (χ3n) is 5.09. The molecule has 0 spiro atoms. The van der Waals surface area contributed by atoms with E-state index in [-0.39, 0.29) is 6.29 Å². The van der Waals surface area contributed by atoms with Gasteiger partial charge in [0.15, 0.2) is 6.29 Å². The second-order valence-corrected chi connectivity index (χ2v) is 10.2. The molecule has 132 valence electrons. The smallest absolute Gasteiger partial charge is 0.187 e. The van der Waals surface area contributed by atoms with Gasteiger partial charge >= 0.3 is 0 Å². The van der Waals surface area contributed by atoms with Crippen molar-refractivity contribution in [1.29, 1.82) is 0 Å². The molecule has 1 saturated heterocycles. The highest BCUT2D eigenvalue weighted by atomic mass is 31.2. The van der Waals surface area contributed by atoms with Crippen LogP contribution in [-0.2, 0) is 9.47 Å². The molecule has 3 aromatic carbocycles. The van der Waals surface area contributed by atoms with Gasteiger partial charge in [-0.15, -0.1) is 0 Å². The zero-order chi connectivity index (χ0) is 17.8. The molecule has 1 fully saturated rings. The van der Waals surface area contributed by atoms with Gasteiger partial charge in [-0.25, -0.2) is 0 Å². The van der Waals surface area contributed by atoms with Gasteiger partial charge in [0.05, 0.1) is 24.9 Å². The monoisotopic (exact) mass is 363 g/mol. The number of hydrogen-bond acceptors (Lipinski definition) is 2. The summed E-state index contributed by atoms with van der Waals surface area (Å²) in [5.41, 5.74) is 1.17. The van der Waals surface area contributed by atoms with Crippen LogP contribution in [0.4, 0.5) is 0 Å². The number of benzene rings is 3. The first-order valence-corrected chi connectivity index (χ1v) is 11.2. The second-order valence-electron chi connectivity index (χ2n) is 6.43. The van der Waals surface area contributed by atoms with E-state index in [0.717, 1.165) is 6.16 Å². The van der Waals surface area contributed by atoms with Crippen molar-refractivity contribution in [2.24, 2.45) is 0 Å². The van der Waals surface area contributed by atoms with E-state index < -0.39 is 7.26 Å². The van der Waals surface area contributed by atoms with Crippen molar-refractivity contribution in [1.82, 2.24) is 0 Å². The Hall–Kier alpha value is -1.99. The quantitative estimate of drug-likeness (QED) is 0.637. The Kier molecular flexibility index (Phi) is 5.17. The fourth-order valence-corrected chi connectivity index (χ4v) is 8.15. The van der Waals surface area contributed by atoms with E-state index in [9.17, 15) is 0 Å². The van der Waals surface area contributed by atoms with Crippen LogP contribution in [0.25, 0.3) is 0 Å². The summed E-state index contributed by atoms with van der Waals surface area (Å²) in [4.78, 5) is 0. The highest BCUT2D eigenvalue weighted by Gasteiger charge is 2.46. The average molecular weight is 363 g/mol. The third kappa shape index (κ3) is 2.99. The Labute approximate surface area is 156 Å². The standard InChI is InChI=1S/C23H24O2P/c1-2-26(19-11-5-3-6-12-19,20-13-7-4-8-14-20)22-16-10-9-15-21(22)23-24-17-18-25-23/h3-16,23H,2,17-18H2,1H3/q+1. The topological polar surface area (TPSA) is 18.5 Å². The van der Waals surface area contributed by atoms with Crippen LogP contribution in [-0.4, -0.2) is 19.4 Å². The Morgan fingerprint density at radius 3 is 1.77 bits per heavy atom. The number of hydrogen-bond donors (Lipinski definition) is 0. The molecule has 4 rings (SSSR count). The summed E-state index contributed by atoms with van der Waals surface area (Å²) < 4.78 is 11.8. The van der Waals surface area contributed by atoms with Gasteiger partial charge in [-0.1, -0.05) is 48.5 Å². The molecule has 1 aliphatic rings. The molecule has 26 heavy (non-hydrogen) atoms. The minimum atomic E-state index is -1.78. The molecule has 0 atom stereocenters. The van der Waals surface area contributed by atoms with Crippen LogP contribution < -0.4 is 15.9 Å². The lowest BCUT2D eigenvalue weighted by molar-refractivity contribution is -0.0433. The van der Waals surface area contributed by atoms with Crippen molar-refractivity contribution in [2.75, 3.05) is 19.4 Å². The minimum Gasteiger partial charge on any atom is -0.346 e. The molecule has 1 heterocycles. The zero-order valence-electron chi connectivity index (χ0n) is 15.0. The summed E-state index contributed by atoms with van der Waals surface area (Å²) in [7, 11) is -1.78. The molecule has 0 bridgehead atoms. The Balaban J connectivity index is 1.98. The van der Waals surface area contributed by atoms with E-state index >= 15 is 0 Å². The molecule has 0 N–H and O–H groups in total. The molecule has 3 aromatic rings. The highest BCUT2D eigenvalue weighted by molar-refractivity contribution is 7.95. The molecular weight excluding hydrogens is 339 g/mol. The molecule has 0 aromatic heterocycles. The van der Waals surface area contributed by atoms with E-state index in [1.807, 2.05) is 0 Å². The molecule has 0 radical (unpaired) electrons. The number of ether oxygens (including phenoxy) is 2. The first-order valence-electron chi connectivity index (χ1n) is 9.18. The molecule has 0 aliphatic carbocycles. The molecular formula is C23H24O2P+. The van der Waals surface area contributed by atoms with E-state index in [1.54, 1.807) is 0 Å². The summed E-state index contributed by atoms with van der Waals surface area (Å²) >= 11 is 0. The first kappa shape index (κ1) is 17.4. The molecule has 2 nitrogen and oxygen atoms in total. The van der Waals surface area contributed by atoms with Crippen LogP contribution in [0.1, 0.15) is 18.8 Å². The molecule has 3 heteroatoms. The summed E-state index contributed by atoms with van der Waals surface area (Å²) in [6.45, 7) is 3.63. The van der Waals surface area contributed by atoms with Gasteiger partial charge in [0.1, 0.15) is 23.2 Å². The molecule has 1 aliphatic heterocycles. The Bertz CT molecular complexity index is 803. The number of rotatable bonds is 5. The van der Waals surface area contributed by atoms with Crippen molar-refractivity contribution in [3.8, 4) is 0 Å². The maximum atomic E-state index is 5.89. The Morgan fingerprint density at radius 2 is 1.23 bits per heavy atom. The van der Waals surface area contributed by atoms with E-state index in [1.165, 1.54) is 21.5 Å². The minimum absolute atomic E-state index is 0.260. The SMILES string of the molecule is CC[P+](c1ccccc1)(c1ccccc1)c1ccccc1C1OCCO1. The fraction of sp³-hybridized carbons (Fsp3) is 0.217. The third-order valence-corrected chi connectivity index (χ3v) is 9.63. The normalized spacial score (nSPS) is 15.3. The van der Waals surface area contributed by atoms with Gasteiger partial charge in [0.2, 0.25) is 0 Å². The van der Waals surface area contributed by atoms with Crippen LogP contribution in [0.3, 0.4) is 0 Å². The van der Waals surface area contributed by atoms with Crippen LogP contribution in [0.5, 0.6) is 0 Å². The first-order chi connectivity index (χ1) is 12.9. The molecule has 0 amide bonds. The lowest BCUT2D eigenvalue weighted by Gasteiger charge is -2.29. The lowest BCUT2D eigenvalue weighted by atomic mass is 10.2. The van der Waals surface area contributed by atoms with E-state index in [4.69, 9.17) is 9.47 Å². The Morgan fingerprint density at radius 1 is 0.731 bits per heavy atom. The van der Waals surface area contributed by atoms with Gasteiger partial charge in [-0.3, -0.25) is 0 Å². The maximum Gasteiger partial charge on any atom is 0.187 e. The fourth-order valence-electron chi connectivity index (χ4n) is 3.90. The zero-order valence-corrected chi connectivity index (χ0v) is 15.9. The van der Waals surface area contributed by atoms with Crippen molar-refractivity contribution in [3.05, 3.63) is 90.5 Å². The largest absolute Gasteiger partial charge is 0.346 e. The average Bonchev–Trinajstić information content (AvgIpc) is 3.26. The van der Waals surface area contributed by atoms with Gasteiger partial charge in [-0.05, 0) is 43.3 Å². The van der Waals surface area contributed by atoms with Crippen LogP contribution in [0.15, 0.2) is 84.9 Å². The van der Waals surface area contributed by atoms with Crippen LogP contribution in [0.2, 0.25) is 0 Å². The van der Waals surface area contributed by atoms with Crippen molar-refractivity contribution < 1.29 is 9.47 Å². The van der Waals surface area contributed by atoms with Crippen molar-refractivity contribution in [2.45, 2.75) is 13.2 Å². The van der Waals surface area contributed by atoms with Gasteiger partial charge in [0, 0.05) is 0 Å². The summed E-state index contributed by atoms with van der Waals surface area (Å²) in [6.07, 6.45) is 0.801. The van der Waals surface area contributed by atoms with Crippen molar-refractivity contribution in [3.63, 3.8) is 0 Å². The lowest BCUT2D eigenvalue weighted by Crippen LogP contribution is -2.35. The van der Waals surface area contributed by atoms with Crippen LogP contribution >= 0.6 is 7.26 Å². The van der Waals surface area contributed by atoms with Gasteiger partial charge in [-0.2, -0.15) is 0 Å². The maximum absolute atomic E-state index is 5.89. The predicted octanol–water partition coefficient (Wildman–Crippen LogP) is 4.05. The van der Waals surface area contributed by atoms with E-state index in [0.29, 0.717) is 13.2 Å². The summed E-state index contributed by atoms with van der Waals surface area (Å²) in [5, 5.41) is 4.17. The molecule has 0 unspecified atom stereocenters. The molecule has 0 saturated carbocycles. The predicted molar refractivity (Wildman–Crippen MR) is 110 cm³/mol. The highest BCUT2D eigenvalue weighted by Crippen LogP contribution is 2.56. The van der Waals surface area contributed by atoms with Gasteiger partial charge < -0.3 is 9.47 Å². The second kappa shape index (κ2) is 7.72. The van der Waals surface area contributed by atoms with Gasteiger partial charge in [0.25, 0.3) is 0 Å². The summed E-state index contributed by atoms with van der Waals surface area (Å²) in [5.74, 6) is 0. The van der Waals surface area contributed by atoms with Crippen molar-refractivity contribution >= 4 is 23.2 Å². The van der Waals surface area contributed by atoms with E-state index in [2.05, 4.69) is 91.9 Å². The van der Waals surface area contributed by atoms with Crippen LogP contribution in [0, 0.1) is 0 Å². The summed E-state index contributed by atoms with van der Waals surface area (Å²) in [6, 6.07) is 30.5.